The van der Waals surface area contributed by atoms with Gasteiger partial charge >= 0.3 is 7.60 Å². The number of hydrogen-bond acceptors (Lipinski definition) is 5. The summed E-state index contributed by atoms with van der Waals surface area (Å²) in [5.41, 5.74) is -0.554. The zero-order chi connectivity index (χ0) is 12.9. The molecule has 0 unspecified atom stereocenters. The molecule has 1 rings (SSSR count). The molecule has 0 aliphatic carbocycles. The molecule has 8 heteroatoms. The number of hydrogen-bond donors (Lipinski definition) is 0. The summed E-state index contributed by atoms with van der Waals surface area (Å²) in [6.45, 7) is 4.67. The maximum absolute atomic E-state index is 12.1. The minimum Gasteiger partial charge on any atom is -0.308 e. The standard InChI is InChI=1S/C9H20NO5PS/c1-3-14-16(11,15-4-2)9-17(12,13)10-7-5-6-8-10/h3-9H2,1-2H3. The molecule has 0 aromatic heterocycles. The highest BCUT2D eigenvalue weighted by Crippen LogP contribution is 2.49. The molecule has 1 saturated heterocycles. The Morgan fingerprint density at radius 1 is 1.12 bits per heavy atom. The van der Waals surface area contributed by atoms with Crippen molar-refractivity contribution < 1.29 is 22.0 Å². The third-order valence-corrected chi connectivity index (χ3v) is 7.46. The molecule has 102 valence electrons. The average Bonchev–Trinajstić information content (AvgIpc) is 2.69. The summed E-state index contributed by atoms with van der Waals surface area (Å²) in [6.07, 6.45) is 1.71. The maximum Gasteiger partial charge on any atom is 0.347 e. The first-order valence-electron chi connectivity index (χ1n) is 5.79. The molecule has 1 fully saturated rings. The molecule has 6 nitrogen and oxygen atoms in total. The first-order chi connectivity index (χ1) is 7.93. The lowest BCUT2D eigenvalue weighted by Gasteiger charge is -2.20. The normalized spacial score (nSPS) is 18.7. The monoisotopic (exact) mass is 285 g/mol. The summed E-state index contributed by atoms with van der Waals surface area (Å²) in [5, 5.41) is 0. The van der Waals surface area contributed by atoms with Crippen LogP contribution in [0.5, 0.6) is 0 Å². The summed E-state index contributed by atoms with van der Waals surface area (Å²) in [5.74, 6) is 0. The number of rotatable bonds is 7. The fraction of sp³-hybridized carbons (Fsp3) is 1.00. The van der Waals surface area contributed by atoms with Gasteiger partial charge in [0.15, 0.2) is 5.49 Å². The van der Waals surface area contributed by atoms with Crippen molar-refractivity contribution in [3.63, 3.8) is 0 Å². The van der Waals surface area contributed by atoms with E-state index in [2.05, 4.69) is 0 Å². The van der Waals surface area contributed by atoms with Crippen LogP contribution in [-0.4, -0.2) is 44.5 Å². The summed E-state index contributed by atoms with van der Waals surface area (Å²) in [4.78, 5) is 0. The van der Waals surface area contributed by atoms with Crippen molar-refractivity contribution in [1.82, 2.24) is 4.31 Å². The van der Waals surface area contributed by atoms with Gasteiger partial charge in [-0.2, -0.15) is 0 Å². The van der Waals surface area contributed by atoms with E-state index >= 15 is 0 Å². The Bertz CT molecular complexity index is 367. The molecule has 0 spiro atoms. The molecule has 0 aromatic carbocycles. The fourth-order valence-electron chi connectivity index (χ4n) is 1.75. The van der Waals surface area contributed by atoms with Crippen LogP contribution in [0, 0.1) is 0 Å². The van der Waals surface area contributed by atoms with E-state index in [4.69, 9.17) is 9.05 Å². The van der Waals surface area contributed by atoms with E-state index in [0.717, 1.165) is 12.8 Å². The zero-order valence-electron chi connectivity index (χ0n) is 10.3. The van der Waals surface area contributed by atoms with Gasteiger partial charge in [0, 0.05) is 13.1 Å². The van der Waals surface area contributed by atoms with Gasteiger partial charge in [-0.1, -0.05) is 0 Å². The molecule has 0 saturated carbocycles. The smallest absolute Gasteiger partial charge is 0.308 e. The summed E-state index contributed by atoms with van der Waals surface area (Å²) in [6, 6.07) is 0. The minimum atomic E-state index is -3.54. The van der Waals surface area contributed by atoms with Crippen molar-refractivity contribution in [2.45, 2.75) is 26.7 Å². The lowest BCUT2D eigenvalue weighted by atomic mass is 10.4. The molecular formula is C9H20NO5PS. The Morgan fingerprint density at radius 2 is 1.59 bits per heavy atom. The molecule has 17 heavy (non-hydrogen) atoms. The maximum atomic E-state index is 12.1. The third-order valence-electron chi connectivity index (χ3n) is 2.43. The molecule has 0 bridgehead atoms. The second kappa shape index (κ2) is 6.29. The van der Waals surface area contributed by atoms with Crippen molar-refractivity contribution in [2.24, 2.45) is 0 Å². The summed E-state index contributed by atoms with van der Waals surface area (Å²) in [7, 11) is -7.06. The second-order valence-electron chi connectivity index (χ2n) is 3.79. The lowest BCUT2D eigenvalue weighted by Crippen LogP contribution is -2.30. The van der Waals surface area contributed by atoms with Gasteiger partial charge in [-0.3, -0.25) is 4.57 Å². The van der Waals surface area contributed by atoms with Crippen molar-refractivity contribution in [1.29, 1.82) is 0 Å². The van der Waals surface area contributed by atoms with Crippen LogP contribution in [-0.2, 0) is 23.6 Å². The molecule has 0 radical (unpaired) electrons. The largest absolute Gasteiger partial charge is 0.347 e. The van der Waals surface area contributed by atoms with E-state index in [1.165, 1.54) is 4.31 Å². The van der Waals surface area contributed by atoms with Crippen LogP contribution in [0.25, 0.3) is 0 Å². The van der Waals surface area contributed by atoms with Gasteiger partial charge in [0.2, 0.25) is 10.0 Å². The minimum absolute atomic E-state index is 0.173. The number of nitrogens with zero attached hydrogens (tertiary/aromatic N) is 1. The second-order valence-corrected chi connectivity index (χ2v) is 8.24. The van der Waals surface area contributed by atoms with Crippen molar-refractivity contribution >= 4 is 17.6 Å². The molecular weight excluding hydrogens is 265 g/mol. The van der Waals surface area contributed by atoms with Crippen LogP contribution in [0.15, 0.2) is 0 Å². The van der Waals surface area contributed by atoms with Gasteiger partial charge in [0.25, 0.3) is 0 Å². The molecule has 1 aliphatic rings. The molecule has 0 N–H and O–H groups in total. The van der Waals surface area contributed by atoms with Crippen LogP contribution < -0.4 is 0 Å². The van der Waals surface area contributed by atoms with Crippen molar-refractivity contribution in [2.75, 3.05) is 31.8 Å². The quantitative estimate of drug-likeness (QED) is 0.665. The van der Waals surface area contributed by atoms with Crippen LogP contribution >= 0.6 is 7.60 Å². The van der Waals surface area contributed by atoms with Crippen molar-refractivity contribution in [3.05, 3.63) is 0 Å². The Balaban J connectivity index is 2.75. The van der Waals surface area contributed by atoms with Gasteiger partial charge in [-0.25, -0.2) is 12.7 Å². The molecule has 0 amide bonds. The molecule has 0 aromatic rings. The van der Waals surface area contributed by atoms with E-state index in [-0.39, 0.29) is 13.2 Å². The summed E-state index contributed by atoms with van der Waals surface area (Å²) < 4.78 is 47.5. The lowest BCUT2D eigenvalue weighted by molar-refractivity contribution is 0.223. The van der Waals surface area contributed by atoms with Gasteiger partial charge < -0.3 is 9.05 Å². The first-order valence-corrected chi connectivity index (χ1v) is 9.13. The Morgan fingerprint density at radius 3 is 2.00 bits per heavy atom. The van der Waals surface area contributed by atoms with E-state index in [0.29, 0.717) is 13.1 Å². The average molecular weight is 285 g/mol. The van der Waals surface area contributed by atoms with Gasteiger partial charge in [0.1, 0.15) is 0 Å². The Labute approximate surface area is 103 Å². The number of sulfonamides is 1. The highest BCUT2D eigenvalue weighted by Gasteiger charge is 2.36. The van der Waals surface area contributed by atoms with Crippen molar-refractivity contribution in [3.8, 4) is 0 Å². The highest BCUT2D eigenvalue weighted by molar-refractivity contribution is 7.95. The van der Waals surface area contributed by atoms with E-state index in [1.54, 1.807) is 13.8 Å². The van der Waals surface area contributed by atoms with Crippen LogP contribution in [0.1, 0.15) is 26.7 Å². The van der Waals surface area contributed by atoms with E-state index in [9.17, 15) is 13.0 Å². The highest BCUT2D eigenvalue weighted by atomic mass is 32.2. The topological polar surface area (TPSA) is 72.9 Å². The SMILES string of the molecule is CCOP(=O)(CS(=O)(=O)N1CCCC1)OCC. The fourth-order valence-corrected chi connectivity index (χ4v) is 6.28. The van der Waals surface area contributed by atoms with E-state index < -0.39 is 23.1 Å². The van der Waals surface area contributed by atoms with Crippen LogP contribution in [0.3, 0.4) is 0 Å². The molecule has 1 heterocycles. The van der Waals surface area contributed by atoms with Crippen LogP contribution in [0.2, 0.25) is 0 Å². The summed E-state index contributed by atoms with van der Waals surface area (Å²) >= 11 is 0. The predicted octanol–water partition coefficient (Wildman–Crippen LogP) is 1.64. The Hall–Kier alpha value is 0.0600. The van der Waals surface area contributed by atoms with Gasteiger partial charge in [-0.05, 0) is 26.7 Å². The Kier molecular flexibility index (Phi) is 5.60. The van der Waals surface area contributed by atoms with Gasteiger partial charge in [0.05, 0.1) is 13.2 Å². The van der Waals surface area contributed by atoms with Crippen LogP contribution in [0.4, 0.5) is 0 Å². The zero-order valence-corrected chi connectivity index (χ0v) is 12.0. The molecule has 0 atom stereocenters. The first kappa shape index (κ1) is 15.1. The predicted molar refractivity (Wildman–Crippen MR) is 65.5 cm³/mol. The van der Waals surface area contributed by atoms with Gasteiger partial charge in [-0.15, -0.1) is 0 Å². The third kappa shape index (κ3) is 4.34. The van der Waals surface area contributed by atoms with E-state index in [1.807, 2.05) is 0 Å². The molecule has 1 aliphatic heterocycles.